The molecule has 2 aromatic rings. The normalized spacial score (nSPS) is 25.5. The van der Waals surface area contributed by atoms with E-state index in [1.54, 1.807) is 0 Å². The number of nitrogens with zero attached hydrogens (tertiary/aromatic N) is 2. The zero-order valence-corrected chi connectivity index (χ0v) is 22.8. The Morgan fingerprint density at radius 3 is 2.38 bits per heavy atom. The Morgan fingerprint density at radius 1 is 1.05 bits per heavy atom. The number of fused-ring (bicyclic) bond motifs is 1. The van der Waals surface area contributed by atoms with E-state index in [4.69, 9.17) is 25.8 Å². The van der Waals surface area contributed by atoms with Crippen LogP contribution >= 0.6 is 11.6 Å². The summed E-state index contributed by atoms with van der Waals surface area (Å²) < 4.78 is 16.9. The topological polar surface area (TPSA) is 97.4 Å². The lowest BCUT2D eigenvalue weighted by molar-refractivity contribution is -0.130. The second-order valence-corrected chi connectivity index (χ2v) is 10.9. The highest BCUT2D eigenvalue weighted by Crippen LogP contribution is 2.53. The smallest absolute Gasteiger partial charge is 0.247 e. The maximum atomic E-state index is 13.8. The monoisotopic (exact) mass is 551 g/mol. The maximum absolute atomic E-state index is 13.8. The highest BCUT2D eigenvalue weighted by atomic mass is 35.5. The number of anilines is 1. The van der Waals surface area contributed by atoms with Crippen LogP contribution in [0.1, 0.15) is 36.5 Å². The van der Waals surface area contributed by atoms with Crippen LogP contribution in [0.3, 0.4) is 0 Å². The number of amides is 1. The van der Waals surface area contributed by atoms with Gasteiger partial charge in [-0.3, -0.25) is 14.4 Å². The van der Waals surface area contributed by atoms with Gasteiger partial charge in [0.15, 0.2) is 5.75 Å². The first-order chi connectivity index (χ1) is 18.8. The molecule has 2 fully saturated rings. The minimum atomic E-state index is -1.71. The number of Topliss-reactive ketones (excluding diaryl/α,β-unsaturated/α-hetero) is 1. The molecule has 1 N–H and O–H groups in total. The van der Waals surface area contributed by atoms with Gasteiger partial charge in [0.25, 0.3) is 0 Å². The van der Waals surface area contributed by atoms with Crippen LogP contribution in [0.15, 0.2) is 48.2 Å². The molecule has 9 nitrogen and oxygen atoms in total. The molecular weight excluding hydrogens is 522 g/mol. The number of piperidine rings is 1. The molecule has 0 saturated carbocycles. The lowest BCUT2D eigenvalue weighted by Gasteiger charge is -2.46. The van der Waals surface area contributed by atoms with E-state index in [2.05, 4.69) is 15.1 Å². The van der Waals surface area contributed by atoms with E-state index in [1.165, 1.54) is 26.4 Å². The molecular formula is C29H30ClN3O6. The van der Waals surface area contributed by atoms with Gasteiger partial charge in [-0.1, -0.05) is 36.7 Å². The molecule has 1 aliphatic carbocycles. The number of ether oxygens (including phenoxy) is 3. The largest absolute Gasteiger partial charge is 0.496 e. The van der Waals surface area contributed by atoms with E-state index in [0.29, 0.717) is 44.8 Å². The molecule has 39 heavy (non-hydrogen) atoms. The summed E-state index contributed by atoms with van der Waals surface area (Å²) in [7, 11) is 2.90. The van der Waals surface area contributed by atoms with Gasteiger partial charge in [-0.05, 0) is 31.4 Å². The van der Waals surface area contributed by atoms with E-state index >= 15 is 0 Å². The number of hydrogen-bond donors (Lipinski definition) is 1. The maximum Gasteiger partial charge on any atom is 0.247 e. The Balaban J connectivity index is 1.25. The molecule has 2 aromatic carbocycles. The zero-order chi connectivity index (χ0) is 27.5. The quantitative estimate of drug-likeness (QED) is 0.576. The van der Waals surface area contributed by atoms with Gasteiger partial charge < -0.3 is 29.3 Å². The average Bonchev–Trinajstić information content (AvgIpc) is 3.44. The first kappa shape index (κ1) is 25.6. The lowest BCUT2D eigenvalue weighted by Crippen LogP contribution is -2.58. The number of halogens is 1. The summed E-state index contributed by atoms with van der Waals surface area (Å²) in [5, 5.41) is 3.15. The van der Waals surface area contributed by atoms with Crippen molar-refractivity contribution in [1.82, 2.24) is 10.2 Å². The molecule has 0 unspecified atom stereocenters. The SMILES string of the molecule is COc1cc(OC)c2c(c1Cl)O[C@@]1(C(=O)C=C(N3CCC4(CC3)C(=O)NCN4c3ccccc3)C[C@H]1C)C2=O. The van der Waals surface area contributed by atoms with Gasteiger partial charge in [0.05, 0.1) is 20.9 Å². The predicted octanol–water partition coefficient (Wildman–Crippen LogP) is 3.59. The third-order valence-corrected chi connectivity index (χ3v) is 9.05. The van der Waals surface area contributed by atoms with Crippen molar-refractivity contribution >= 4 is 34.8 Å². The number of carbonyl (C=O) groups excluding carboxylic acids is 3. The molecule has 204 valence electrons. The van der Waals surface area contributed by atoms with Crippen LogP contribution in [-0.2, 0) is 9.59 Å². The molecule has 3 heterocycles. The van der Waals surface area contributed by atoms with Crippen LogP contribution in [0.5, 0.6) is 17.2 Å². The van der Waals surface area contributed by atoms with Crippen LogP contribution in [0.25, 0.3) is 0 Å². The van der Waals surface area contributed by atoms with Crippen LogP contribution in [0, 0.1) is 5.92 Å². The zero-order valence-electron chi connectivity index (χ0n) is 22.1. The Morgan fingerprint density at radius 2 is 1.74 bits per heavy atom. The van der Waals surface area contributed by atoms with Crippen LogP contribution in [0.2, 0.25) is 5.02 Å². The molecule has 2 saturated heterocycles. The summed E-state index contributed by atoms with van der Waals surface area (Å²) in [6, 6.07) is 11.5. The first-order valence-corrected chi connectivity index (χ1v) is 13.4. The molecule has 2 atom stereocenters. The van der Waals surface area contributed by atoms with Crippen molar-refractivity contribution in [2.75, 3.05) is 38.9 Å². The molecule has 6 rings (SSSR count). The second-order valence-electron chi connectivity index (χ2n) is 10.5. The van der Waals surface area contributed by atoms with Gasteiger partial charge in [-0.2, -0.15) is 0 Å². The highest BCUT2D eigenvalue weighted by molar-refractivity contribution is 6.36. The fourth-order valence-electron chi connectivity index (χ4n) is 6.52. The number of rotatable bonds is 4. The van der Waals surface area contributed by atoms with Crippen molar-refractivity contribution in [3.8, 4) is 17.2 Å². The van der Waals surface area contributed by atoms with E-state index in [0.717, 1.165) is 11.4 Å². The van der Waals surface area contributed by atoms with E-state index < -0.39 is 28.6 Å². The van der Waals surface area contributed by atoms with Crippen molar-refractivity contribution in [2.45, 2.75) is 37.3 Å². The van der Waals surface area contributed by atoms with E-state index in [1.807, 2.05) is 37.3 Å². The average molecular weight is 552 g/mol. The lowest BCUT2D eigenvalue weighted by atomic mass is 9.73. The molecule has 1 amide bonds. The molecule has 3 aliphatic heterocycles. The standard InChI is InChI=1S/C29H30ClN3O6/c1-17-13-19(32-11-9-28(10-12-32)27(36)31-16-33(28)18-7-5-4-6-8-18)14-22(34)29(17)26(35)23-20(37-2)15-21(38-3)24(30)25(23)39-29/h4-8,14-15,17H,9-13,16H2,1-3H3,(H,31,36)/t17-,29+/m1/s1. The summed E-state index contributed by atoms with van der Waals surface area (Å²) in [4.78, 5) is 44.8. The number of allylic oxidation sites excluding steroid dienone is 1. The summed E-state index contributed by atoms with van der Waals surface area (Å²) in [6.07, 6.45) is 3.23. The Hall–Kier alpha value is -3.72. The van der Waals surface area contributed by atoms with Crippen LogP contribution in [-0.4, -0.2) is 67.5 Å². The summed E-state index contributed by atoms with van der Waals surface area (Å²) >= 11 is 6.49. The van der Waals surface area contributed by atoms with Crippen molar-refractivity contribution in [2.24, 2.45) is 5.92 Å². The van der Waals surface area contributed by atoms with E-state index in [9.17, 15) is 14.4 Å². The fourth-order valence-corrected chi connectivity index (χ4v) is 6.79. The van der Waals surface area contributed by atoms with Crippen molar-refractivity contribution in [3.63, 3.8) is 0 Å². The number of nitrogens with one attached hydrogen (secondary N) is 1. The molecule has 2 spiro atoms. The third kappa shape index (κ3) is 3.55. The van der Waals surface area contributed by atoms with Gasteiger partial charge >= 0.3 is 0 Å². The van der Waals surface area contributed by atoms with Crippen LogP contribution < -0.4 is 24.4 Å². The molecule has 0 radical (unpaired) electrons. The Labute approximate surface area is 231 Å². The molecule has 10 heteroatoms. The second kappa shape index (κ2) is 9.19. The fraction of sp³-hybridized carbons (Fsp3) is 0.414. The third-order valence-electron chi connectivity index (χ3n) is 8.69. The predicted molar refractivity (Wildman–Crippen MR) is 145 cm³/mol. The number of likely N-dealkylation sites (tertiary alicyclic amines) is 1. The van der Waals surface area contributed by atoms with Gasteiger partial charge in [0.1, 0.15) is 27.6 Å². The van der Waals surface area contributed by atoms with Gasteiger partial charge in [-0.25, -0.2) is 0 Å². The van der Waals surface area contributed by atoms with Crippen molar-refractivity contribution in [3.05, 3.63) is 58.8 Å². The number of carbonyl (C=O) groups is 3. The number of ketones is 2. The molecule has 0 aromatic heterocycles. The molecule has 4 aliphatic rings. The Kier molecular flexibility index (Phi) is 6.02. The van der Waals surface area contributed by atoms with Gasteiger partial charge in [-0.15, -0.1) is 0 Å². The summed E-state index contributed by atoms with van der Waals surface area (Å²) in [5.41, 5.74) is -0.312. The van der Waals surface area contributed by atoms with Gasteiger partial charge in [0, 0.05) is 42.5 Å². The number of para-hydroxylation sites is 1. The summed E-state index contributed by atoms with van der Waals surface area (Å²) in [6.45, 7) is 3.54. The van der Waals surface area contributed by atoms with Crippen molar-refractivity contribution in [1.29, 1.82) is 0 Å². The number of benzene rings is 2. The Bertz CT molecular complexity index is 1400. The first-order valence-electron chi connectivity index (χ1n) is 13.1. The van der Waals surface area contributed by atoms with Gasteiger partial charge in [0.2, 0.25) is 23.1 Å². The highest BCUT2D eigenvalue weighted by Gasteiger charge is 2.61. The number of methoxy groups -OCH3 is 2. The summed E-state index contributed by atoms with van der Waals surface area (Å²) in [5.74, 6) is -0.624. The van der Waals surface area contributed by atoms with Crippen LogP contribution in [0.4, 0.5) is 5.69 Å². The van der Waals surface area contributed by atoms with Crippen molar-refractivity contribution < 1.29 is 28.6 Å². The molecule has 0 bridgehead atoms. The number of hydrogen-bond acceptors (Lipinski definition) is 8. The minimum absolute atomic E-state index is 0.0380. The van der Waals surface area contributed by atoms with E-state index in [-0.39, 0.29) is 28.0 Å². The minimum Gasteiger partial charge on any atom is -0.496 e.